The first kappa shape index (κ1) is 19.2. The summed E-state index contributed by atoms with van der Waals surface area (Å²) in [6.07, 6.45) is 2.58. The first-order valence-corrected chi connectivity index (χ1v) is 9.60. The van der Waals surface area contributed by atoms with E-state index in [1.807, 2.05) is 49.3 Å². The van der Waals surface area contributed by atoms with Crippen molar-refractivity contribution in [1.82, 2.24) is 0 Å². The lowest BCUT2D eigenvalue weighted by atomic mass is 10.0. The second-order valence-electron chi connectivity index (χ2n) is 5.94. The number of rotatable bonds is 6. The van der Waals surface area contributed by atoms with E-state index in [4.69, 9.17) is 0 Å². The molecule has 0 spiro atoms. The minimum absolute atomic E-state index is 0.00595. The van der Waals surface area contributed by atoms with E-state index in [-0.39, 0.29) is 5.57 Å². The molecule has 0 unspecified atom stereocenters. The van der Waals surface area contributed by atoms with Crippen molar-refractivity contribution < 1.29 is 13.2 Å². The molecule has 134 valence electrons. The molecule has 0 atom stereocenters. The van der Waals surface area contributed by atoms with Gasteiger partial charge in [-0.1, -0.05) is 12.1 Å². The van der Waals surface area contributed by atoms with Crippen LogP contribution in [0.2, 0.25) is 0 Å². The lowest BCUT2D eigenvalue weighted by Crippen LogP contribution is -2.10. The van der Waals surface area contributed by atoms with Gasteiger partial charge in [0, 0.05) is 31.0 Å². The fourth-order valence-corrected chi connectivity index (χ4v) is 2.81. The Morgan fingerprint density at radius 1 is 1.08 bits per heavy atom. The zero-order chi connectivity index (χ0) is 19.3. The molecule has 0 heterocycles. The van der Waals surface area contributed by atoms with Gasteiger partial charge in [0.25, 0.3) is 0 Å². The zero-order valence-corrected chi connectivity index (χ0v) is 15.5. The molecule has 0 bridgehead atoms. The van der Waals surface area contributed by atoms with Gasteiger partial charge in [0.15, 0.2) is 0 Å². The molecule has 0 radical (unpaired) electrons. The molecule has 0 saturated carbocycles. The Bertz CT molecular complexity index is 968. The predicted molar refractivity (Wildman–Crippen MR) is 104 cm³/mol. The van der Waals surface area contributed by atoms with E-state index in [0.29, 0.717) is 11.3 Å². The molecular formula is C19H19N3O3S. The number of benzene rings is 2. The number of hydrogen-bond acceptors (Lipinski definition) is 5. The summed E-state index contributed by atoms with van der Waals surface area (Å²) >= 11 is 0. The van der Waals surface area contributed by atoms with Gasteiger partial charge in [-0.05, 0) is 48.0 Å². The quantitative estimate of drug-likeness (QED) is 0.480. The zero-order valence-electron chi connectivity index (χ0n) is 14.7. The van der Waals surface area contributed by atoms with Crippen LogP contribution < -0.4 is 9.62 Å². The normalized spacial score (nSPS) is 11.5. The highest BCUT2D eigenvalue weighted by Crippen LogP contribution is 2.18. The largest absolute Gasteiger partial charge is 0.378 e. The molecule has 7 heteroatoms. The Hall–Kier alpha value is -3.11. The molecule has 0 aliphatic carbocycles. The van der Waals surface area contributed by atoms with Crippen molar-refractivity contribution in [3.05, 3.63) is 65.2 Å². The monoisotopic (exact) mass is 369 g/mol. The second-order valence-corrected chi connectivity index (χ2v) is 7.68. The van der Waals surface area contributed by atoms with E-state index < -0.39 is 15.8 Å². The van der Waals surface area contributed by atoms with E-state index in [2.05, 4.69) is 4.72 Å². The number of Topliss-reactive ketones (excluding diaryl/α,β-unsaturated/α-hetero) is 1. The molecule has 0 aromatic heterocycles. The molecule has 2 aromatic rings. The maximum atomic E-state index is 12.5. The lowest BCUT2D eigenvalue weighted by molar-refractivity contribution is 0.104. The summed E-state index contributed by atoms with van der Waals surface area (Å²) in [5, 5.41) is 9.33. The second kappa shape index (κ2) is 7.85. The van der Waals surface area contributed by atoms with Crippen molar-refractivity contribution in [2.24, 2.45) is 0 Å². The van der Waals surface area contributed by atoms with Gasteiger partial charge in [0.1, 0.15) is 11.6 Å². The van der Waals surface area contributed by atoms with Gasteiger partial charge in [0.2, 0.25) is 15.8 Å². The van der Waals surface area contributed by atoms with Crippen molar-refractivity contribution in [2.45, 2.75) is 0 Å². The summed E-state index contributed by atoms with van der Waals surface area (Å²) < 4.78 is 24.7. The average Bonchev–Trinajstić information content (AvgIpc) is 2.58. The number of allylic oxidation sites excluding steroid dienone is 1. The topological polar surface area (TPSA) is 90.3 Å². The number of nitrogens with one attached hydrogen (secondary N) is 1. The van der Waals surface area contributed by atoms with Crippen LogP contribution in [0.25, 0.3) is 6.08 Å². The van der Waals surface area contributed by atoms with Crippen molar-refractivity contribution in [3.8, 4) is 6.07 Å². The number of sulfonamides is 1. The molecular weight excluding hydrogens is 350 g/mol. The van der Waals surface area contributed by atoms with Gasteiger partial charge in [0.05, 0.1) is 6.26 Å². The Kier molecular flexibility index (Phi) is 5.80. The molecule has 0 saturated heterocycles. The SMILES string of the molecule is CN(C)c1ccc(/C=C(\C#N)C(=O)c2ccc(NS(C)(=O)=O)cc2)cc1. The molecule has 2 rings (SSSR count). The smallest absolute Gasteiger partial charge is 0.229 e. The number of carbonyl (C=O) groups is 1. The maximum Gasteiger partial charge on any atom is 0.229 e. The van der Waals surface area contributed by atoms with Crippen LogP contribution >= 0.6 is 0 Å². The third kappa shape index (κ3) is 5.19. The van der Waals surface area contributed by atoms with Crippen molar-refractivity contribution in [2.75, 3.05) is 30.0 Å². The van der Waals surface area contributed by atoms with Crippen LogP contribution in [0.3, 0.4) is 0 Å². The first-order chi connectivity index (χ1) is 12.2. The molecule has 0 fully saturated rings. The number of nitrogens with zero attached hydrogens (tertiary/aromatic N) is 2. The summed E-state index contributed by atoms with van der Waals surface area (Å²) in [5.74, 6) is -0.421. The molecule has 2 aromatic carbocycles. The predicted octanol–water partition coefficient (Wildman–Crippen LogP) is 2.91. The molecule has 26 heavy (non-hydrogen) atoms. The van der Waals surface area contributed by atoms with Crippen LogP contribution in [0, 0.1) is 11.3 Å². The summed E-state index contributed by atoms with van der Waals surface area (Å²) in [5.41, 5.74) is 2.43. The minimum atomic E-state index is -3.38. The van der Waals surface area contributed by atoms with Crippen LogP contribution in [0.15, 0.2) is 54.1 Å². The highest BCUT2D eigenvalue weighted by Gasteiger charge is 2.13. The third-order valence-corrected chi connectivity index (χ3v) is 4.14. The minimum Gasteiger partial charge on any atom is -0.378 e. The summed E-state index contributed by atoms with van der Waals surface area (Å²) in [6, 6.07) is 15.3. The van der Waals surface area contributed by atoms with E-state index in [0.717, 1.165) is 17.5 Å². The van der Waals surface area contributed by atoms with E-state index in [9.17, 15) is 18.5 Å². The summed E-state index contributed by atoms with van der Waals surface area (Å²) in [6.45, 7) is 0. The van der Waals surface area contributed by atoms with E-state index in [1.165, 1.54) is 30.3 Å². The van der Waals surface area contributed by atoms with Gasteiger partial charge in [-0.25, -0.2) is 8.42 Å². The summed E-state index contributed by atoms with van der Waals surface area (Å²) in [4.78, 5) is 14.5. The third-order valence-electron chi connectivity index (χ3n) is 3.54. The van der Waals surface area contributed by atoms with Crippen LogP contribution in [-0.2, 0) is 10.0 Å². The van der Waals surface area contributed by atoms with E-state index in [1.54, 1.807) is 0 Å². The highest BCUT2D eigenvalue weighted by atomic mass is 32.2. The number of hydrogen-bond donors (Lipinski definition) is 1. The maximum absolute atomic E-state index is 12.5. The van der Waals surface area contributed by atoms with Gasteiger partial charge in [-0.15, -0.1) is 0 Å². The summed E-state index contributed by atoms with van der Waals surface area (Å²) in [7, 11) is 0.472. The van der Waals surface area contributed by atoms with E-state index >= 15 is 0 Å². The average molecular weight is 369 g/mol. The number of nitriles is 1. The van der Waals surface area contributed by atoms with Crippen LogP contribution in [0.4, 0.5) is 11.4 Å². The molecule has 0 amide bonds. The van der Waals surface area contributed by atoms with Crippen molar-refractivity contribution in [1.29, 1.82) is 5.26 Å². The first-order valence-electron chi connectivity index (χ1n) is 7.71. The van der Waals surface area contributed by atoms with Gasteiger partial charge in [-0.2, -0.15) is 5.26 Å². The molecule has 0 aliphatic rings. The Morgan fingerprint density at radius 2 is 1.65 bits per heavy atom. The van der Waals surface area contributed by atoms with Crippen molar-refractivity contribution in [3.63, 3.8) is 0 Å². The Labute approximate surface area is 153 Å². The van der Waals surface area contributed by atoms with Gasteiger partial charge < -0.3 is 4.90 Å². The standard InChI is InChI=1S/C19H19N3O3S/c1-22(2)18-10-4-14(5-11-18)12-16(13-20)19(23)15-6-8-17(9-7-15)21-26(3,24)25/h4-12,21H,1-3H3/b16-12+. The Morgan fingerprint density at radius 3 is 2.12 bits per heavy atom. The fraction of sp³-hybridized carbons (Fsp3) is 0.158. The Balaban J connectivity index is 2.24. The van der Waals surface area contributed by atoms with Gasteiger partial charge >= 0.3 is 0 Å². The fourth-order valence-electron chi connectivity index (χ4n) is 2.24. The van der Waals surface area contributed by atoms with Crippen LogP contribution in [0.1, 0.15) is 15.9 Å². The number of anilines is 2. The van der Waals surface area contributed by atoms with Crippen molar-refractivity contribution >= 4 is 33.3 Å². The van der Waals surface area contributed by atoms with Crippen LogP contribution in [0.5, 0.6) is 0 Å². The number of ketones is 1. The van der Waals surface area contributed by atoms with Crippen LogP contribution in [-0.4, -0.2) is 34.6 Å². The molecule has 6 nitrogen and oxygen atoms in total. The number of carbonyl (C=O) groups excluding carboxylic acids is 1. The molecule has 0 aliphatic heterocycles. The van der Waals surface area contributed by atoms with Gasteiger partial charge in [-0.3, -0.25) is 9.52 Å². The lowest BCUT2D eigenvalue weighted by Gasteiger charge is -2.11. The highest BCUT2D eigenvalue weighted by molar-refractivity contribution is 7.92. The molecule has 1 N–H and O–H groups in total.